The van der Waals surface area contributed by atoms with E-state index in [-0.39, 0.29) is 11.4 Å². The van der Waals surface area contributed by atoms with Gasteiger partial charge in [-0.1, -0.05) is 29.4 Å². The Bertz CT molecular complexity index is 1070. The number of hydrogen-bond acceptors (Lipinski definition) is 6. The van der Waals surface area contributed by atoms with Gasteiger partial charge < -0.3 is 14.0 Å². The number of nitrogens with zero attached hydrogens (tertiary/aromatic N) is 2. The second-order valence-corrected chi connectivity index (χ2v) is 6.39. The van der Waals surface area contributed by atoms with Gasteiger partial charge >= 0.3 is 0 Å². The Hall–Kier alpha value is -3.85. The molecule has 6 heteroatoms. The molecule has 0 saturated heterocycles. The maximum atomic E-state index is 12.6. The number of nitriles is 1. The molecule has 0 N–H and O–H groups in total. The molecule has 0 spiro atoms. The number of benzene rings is 2. The van der Waals surface area contributed by atoms with Crippen molar-refractivity contribution in [3.63, 3.8) is 0 Å². The van der Waals surface area contributed by atoms with Crippen LogP contribution in [-0.2, 0) is 6.61 Å². The van der Waals surface area contributed by atoms with E-state index >= 15 is 0 Å². The summed E-state index contributed by atoms with van der Waals surface area (Å²) in [6, 6.07) is 15.9. The number of carbonyl (C=O) groups excluding carboxylic acids is 1. The van der Waals surface area contributed by atoms with Gasteiger partial charge in [0.25, 0.3) is 0 Å². The summed E-state index contributed by atoms with van der Waals surface area (Å²) >= 11 is 0. The third-order valence-corrected chi connectivity index (χ3v) is 4.45. The normalized spacial score (nSPS) is 11.0. The van der Waals surface area contributed by atoms with Gasteiger partial charge in [0.05, 0.1) is 18.4 Å². The van der Waals surface area contributed by atoms with Crippen molar-refractivity contribution < 1.29 is 18.8 Å². The number of methoxy groups -OCH3 is 1. The van der Waals surface area contributed by atoms with E-state index < -0.39 is 0 Å². The standard InChI is InChI=1S/C23H20N2O4/c1-15-22(16(2)29-25-15)14-28-20-9-7-17(8-10-20)11-19(13-24)23(26)18-5-4-6-21(12-18)27-3/h4-12H,14H2,1-3H3/b19-11+. The van der Waals surface area contributed by atoms with E-state index in [0.29, 0.717) is 23.7 Å². The number of rotatable bonds is 7. The van der Waals surface area contributed by atoms with Crippen LogP contribution in [0.3, 0.4) is 0 Å². The monoisotopic (exact) mass is 388 g/mol. The van der Waals surface area contributed by atoms with Gasteiger partial charge in [-0.05, 0) is 49.8 Å². The van der Waals surface area contributed by atoms with Gasteiger partial charge in [-0.25, -0.2) is 0 Å². The second kappa shape index (κ2) is 8.89. The molecule has 146 valence electrons. The van der Waals surface area contributed by atoms with Crippen LogP contribution in [0.25, 0.3) is 6.08 Å². The van der Waals surface area contributed by atoms with Crippen LogP contribution < -0.4 is 9.47 Å². The smallest absolute Gasteiger partial charge is 0.203 e. The quantitative estimate of drug-likeness (QED) is 0.332. The van der Waals surface area contributed by atoms with Crippen molar-refractivity contribution >= 4 is 11.9 Å². The van der Waals surface area contributed by atoms with Crippen molar-refractivity contribution in [2.45, 2.75) is 20.5 Å². The molecule has 6 nitrogen and oxygen atoms in total. The Balaban J connectivity index is 1.73. The molecule has 0 radical (unpaired) electrons. The van der Waals surface area contributed by atoms with E-state index in [1.807, 2.05) is 19.9 Å². The summed E-state index contributed by atoms with van der Waals surface area (Å²) in [6.07, 6.45) is 1.56. The lowest BCUT2D eigenvalue weighted by Crippen LogP contribution is -2.02. The van der Waals surface area contributed by atoms with Gasteiger partial charge in [-0.15, -0.1) is 0 Å². The molecule has 0 bridgehead atoms. The maximum Gasteiger partial charge on any atom is 0.203 e. The van der Waals surface area contributed by atoms with Gasteiger partial charge in [0.15, 0.2) is 0 Å². The van der Waals surface area contributed by atoms with Crippen molar-refractivity contribution in [3.8, 4) is 17.6 Å². The van der Waals surface area contributed by atoms with Crippen LogP contribution in [0.15, 0.2) is 58.6 Å². The molecule has 0 unspecified atom stereocenters. The van der Waals surface area contributed by atoms with Crippen LogP contribution in [0.5, 0.6) is 11.5 Å². The zero-order valence-electron chi connectivity index (χ0n) is 16.4. The predicted octanol–water partition coefficient (Wildman–Crippen LogP) is 4.67. The predicted molar refractivity (Wildman–Crippen MR) is 108 cm³/mol. The number of aryl methyl sites for hydroxylation is 2. The van der Waals surface area contributed by atoms with Crippen LogP contribution in [0.4, 0.5) is 0 Å². The Morgan fingerprint density at radius 3 is 2.55 bits per heavy atom. The fourth-order valence-electron chi connectivity index (χ4n) is 2.76. The topological polar surface area (TPSA) is 85.4 Å². The van der Waals surface area contributed by atoms with Crippen molar-refractivity contribution in [3.05, 3.63) is 82.2 Å². The summed E-state index contributed by atoms with van der Waals surface area (Å²) in [4.78, 5) is 12.6. The summed E-state index contributed by atoms with van der Waals surface area (Å²) in [5.74, 6) is 1.61. The molecule has 1 heterocycles. The first-order valence-corrected chi connectivity index (χ1v) is 8.97. The Morgan fingerprint density at radius 2 is 1.93 bits per heavy atom. The minimum absolute atomic E-state index is 0.0441. The first-order chi connectivity index (χ1) is 14.0. The summed E-state index contributed by atoms with van der Waals surface area (Å²) < 4.78 is 16.0. The van der Waals surface area contributed by atoms with Gasteiger partial charge in [0.2, 0.25) is 5.78 Å². The zero-order valence-corrected chi connectivity index (χ0v) is 16.4. The van der Waals surface area contributed by atoms with Gasteiger partial charge in [0, 0.05) is 5.56 Å². The Kier molecular flexibility index (Phi) is 6.10. The average molecular weight is 388 g/mol. The molecular formula is C23H20N2O4. The fourth-order valence-corrected chi connectivity index (χ4v) is 2.76. The summed E-state index contributed by atoms with van der Waals surface area (Å²) in [5.41, 5.74) is 2.89. The molecule has 0 fully saturated rings. The molecular weight excluding hydrogens is 368 g/mol. The first-order valence-electron chi connectivity index (χ1n) is 8.97. The molecule has 0 aliphatic heterocycles. The molecule has 0 atom stereocenters. The summed E-state index contributed by atoms with van der Waals surface area (Å²) in [5, 5.41) is 13.3. The molecule has 0 amide bonds. The molecule has 3 rings (SSSR count). The molecule has 0 aliphatic rings. The first kappa shape index (κ1) is 19.9. The second-order valence-electron chi connectivity index (χ2n) is 6.39. The largest absolute Gasteiger partial charge is 0.497 e. The Morgan fingerprint density at radius 1 is 1.17 bits per heavy atom. The highest BCUT2D eigenvalue weighted by atomic mass is 16.5. The highest BCUT2D eigenvalue weighted by molar-refractivity contribution is 6.14. The van der Waals surface area contributed by atoms with Crippen molar-refractivity contribution in [1.82, 2.24) is 5.16 Å². The van der Waals surface area contributed by atoms with E-state index in [2.05, 4.69) is 5.16 Å². The number of aromatic nitrogens is 1. The van der Waals surface area contributed by atoms with Gasteiger partial charge in [-0.3, -0.25) is 4.79 Å². The maximum absolute atomic E-state index is 12.6. The minimum atomic E-state index is -0.356. The van der Waals surface area contributed by atoms with Crippen LogP contribution in [-0.4, -0.2) is 18.0 Å². The number of carbonyl (C=O) groups is 1. The lowest BCUT2D eigenvalue weighted by atomic mass is 10.0. The third-order valence-electron chi connectivity index (χ3n) is 4.45. The number of ketones is 1. The van der Waals surface area contributed by atoms with E-state index in [1.165, 1.54) is 7.11 Å². The lowest BCUT2D eigenvalue weighted by molar-refractivity contribution is 0.103. The highest BCUT2D eigenvalue weighted by Gasteiger charge is 2.13. The van der Waals surface area contributed by atoms with E-state index in [1.54, 1.807) is 54.6 Å². The van der Waals surface area contributed by atoms with Crippen LogP contribution in [0.1, 0.15) is 32.9 Å². The van der Waals surface area contributed by atoms with Crippen LogP contribution in [0.2, 0.25) is 0 Å². The van der Waals surface area contributed by atoms with Gasteiger partial charge in [-0.2, -0.15) is 5.26 Å². The molecule has 0 saturated carbocycles. The SMILES string of the molecule is COc1cccc(C(=O)/C(C#N)=C/c2ccc(OCc3c(C)noc3C)cc2)c1. The fraction of sp³-hybridized carbons (Fsp3) is 0.174. The van der Waals surface area contributed by atoms with Crippen LogP contribution >= 0.6 is 0 Å². The molecule has 29 heavy (non-hydrogen) atoms. The third kappa shape index (κ3) is 4.71. The van der Waals surface area contributed by atoms with Crippen molar-refractivity contribution in [2.75, 3.05) is 7.11 Å². The average Bonchev–Trinajstić information content (AvgIpc) is 3.08. The van der Waals surface area contributed by atoms with E-state index in [9.17, 15) is 10.1 Å². The molecule has 2 aromatic carbocycles. The molecule has 1 aromatic heterocycles. The van der Waals surface area contributed by atoms with Crippen molar-refractivity contribution in [1.29, 1.82) is 5.26 Å². The van der Waals surface area contributed by atoms with E-state index in [4.69, 9.17) is 14.0 Å². The minimum Gasteiger partial charge on any atom is -0.497 e. The Labute approximate surface area is 169 Å². The van der Waals surface area contributed by atoms with E-state index in [0.717, 1.165) is 22.6 Å². The van der Waals surface area contributed by atoms with Gasteiger partial charge in [0.1, 0.15) is 35.5 Å². The number of ether oxygens (including phenoxy) is 2. The zero-order chi connectivity index (χ0) is 20.8. The number of hydrogen-bond donors (Lipinski definition) is 0. The number of allylic oxidation sites excluding steroid dienone is 1. The molecule has 0 aliphatic carbocycles. The lowest BCUT2D eigenvalue weighted by Gasteiger charge is -2.06. The summed E-state index contributed by atoms with van der Waals surface area (Å²) in [7, 11) is 1.53. The van der Waals surface area contributed by atoms with Crippen LogP contribution in [0, 0.1) is 25.2 Å². The molecule has 3 aromatic rings. The highest BCUT2D eigenvalue weighted by Crippen LogP contribution is 2.20. The van der Waals surface area contributed by atoms with Crippen molar-refractivity contribution in [2.24, 2.45) is 0 Å². The summed E-state index contributed by atoms with van der Waals surface area (Å²) in [6.45, 7) is 4.06. The number of Topliss-reactive ketones (excluding diaryl/α,β-unsaturated/α-hetero) is 1.